The van der Waals surface area contributed by atoms with E-state index in [4.69, 9.17) is 5.84 Å². The molecule has 3 aromatic rings. The average Bonchev–Trinajstić information content (AvgIpc) is 3.11. The highest BCUT2D eigenvalue weighted by molar-refractivity contribution is 7.99. The van der Waals surface area contributed by atoms with Gasteiger partial charge in [-0.15, -0.1) is 10.2 Å². The quantitative estimate of drug-likeness (QED) is 0.400. The van der Waals surface area contributed by atoms with Crippen molar-refractivity contribution in [3.05, 3.63) is 60.2 Å². The number of alkyl halides is 2. The number of aromatic nitrogens is 3. The zero-order valence-corrected chi connectivity index (χ0v) is 18.9. The highest BCUT2D eigenvalue weighted by Crippen LogP contribution is 2.26. The molecular formula is C22H25F2N5O2S. The summed E-state index contributed by atoms with van der Waals surface area (Å²) in [5.41, 5.74) is 1.27. The molecule has 0 radical (unpaired) electrons. The SMILES string of the molecule is CC(C)(C)N(Cc1ccccc1)C(=O)CSc1nnc(-c2ccc(OC(F)F)cc2)n1N. The van der Waals surface area contributed by atoms with Gasteiger partial charge in [0.25, 0.3) is 0 Å². The van der Waals surface area contributed by atoms with Crippen LogP contribution in [-0.2, 0) is 11.3 Å². The number of rotatable bonds is 8. The first-order valence-corrected chi connectivity index (χ1v) is 10.9. The number of nitrogen functional groups attached to an aromatic ring is 1. The highest BCUT2D eigenvalue weighted by Gasteiger charge is 2.27. The molecule has 0 unspecified atom stereocenters. The first-order chi connectivity index (χ1) is 15.1. The molecule has 170 valence electrons. The van der Waals surface area contributed by atoms with Gasteiger partial charge in [0.05, 0.1) is 5.75 Å². The molecule has 3 rings (SSSR count). The van der Waals surface area contributed by atoms with Crippen LogP contribution in [0.2, 0.25) is 0 Å². The third kappa shape index (κ3) is 5.97. The Labute approximate surface area is 189 Å². The van der Waals surface area contributed by atoms with E-state index in [0.717, 1.165) is 5.56 Å². The number of nitrogens with two attached hydrogens (primary N) is 1. The lowest BCUT2D eigenvalue weighted by Crippen LogP contribution is -2.46. The number of amides is 1. The number of hydrogen-bond acceptors (Lipinski definition) is 6. The van der Waals surface area contributed by atoms with E-state index in [1.165, 1.54) is 28.6 Å². The molecule has 0 aliphatic carbocycles. The number of thioether (sulfide) groups is 1. The van der Waals surface area contributed by atoms with Gasteiger partial charge in [0.1, 0.15) is 5.75 Å². The van der Waals surface area contributed by atoms with Gasteiger partial charge in [-0.25, -0.2) is 4.68 Å². The van der Waals surface area contributed by atoms with Crippen LogP contribution in [0.1, 0.15) is 26.3 Å². The van der Waals surface area contributed by atoms with Crippen molar-refractivity contribution in [1.82, 2.24) is 19.8 Å². The molecule has 1 amide bonds. The van der Waals surface area contributed by atoms with Crippen LogP contribution in [0.3, 0.4) is 0 Å². The van der Waals surface area contributed by atoms with Gasteiger partial charge in [-0.2, -0.15) is 8.78 Å². The van der Waals surface area contributed by atoms with Crippen molar-refractivity contribution in [3.63, 3.8) is 0 Å². The maximum Gasteiger partial charge on any atom is 0.387 e. The minimum Gasteiger partial charge on any atom is -0.435 e. The molecule has 0 spiro atoms. The summed E-state index contributed by atoms with van der Waals surface area (Å²) in [6.45, 7) is 3.57. The third-order valence-corrected chi connectivity index (χ3v) is 5.55. The lowest BCUT2D eigenvalue weighted by atomic mass is 10.0. The molecule has 0 atom stereocenters. The van der Waals surface area contributed by atoms with E-state index in [1.807, 2.05) is 56.0 Å². The zero-order valence-electron chi connectivity index (χ0n) is 18.0. The van der Waals surface area contributed by atoms with Gasteiger partial charge in [0.2, 0.25) is 11.1 Å². The van der Waals surface area contributed by atoms with Crippen molar-refractivity contribution in [2.24, 2.45) is 0 Å². The lowest BCUT2D eigenvalue weighted by molar-refractivity contribution is -0.133. The van der Waals surface area contributed by atoms with Crippen molar-refractivity contribution in [3.8, 4) is 17.1 Å². The summed E-state index contributed by atoms with van der Waals surface area (Å²) in [7, 11) is 0. The molecule has 0 saturated heterocycles. The maximum atomic E-state index is 13.0. The van der Waals surface area contributed by atoms with E-state index in [0.29, 0.717) is 23.1 Å². The van der Waals surface area contributed by atoms with E-state index in [1.54, 1.807) is 12.1 Å². The second-order valence-corrected chi connectivity index (χ2v) is 8.95. The molecule has 0 fully saturated rings. The topological polar surface area (TPSA) is 86.3 Å². The molecule has 32 heavy (non-hydrogen) atoms. The Balaban J connectivity index is 1.68. The number of ether oxygens (including phenoxy) is 1. The van der Waals surface area contributed by atoms with Crippen molar-refractivity contribution in [2.45, 2.75) is 44.6 Å². The molecule has 7 nitrogen and oxygen atoms in total. The van der Waals surface area contributed by atoms with E-state index in [-0.39, 0.29) is 22.9 Å². The molecule has 0 bridgehead atoms. The summed E-state index contributed by atoms with van der Waals surface area (Å²) in [5, 5.41) is 8.51. The fourth-order valence-electron chi connectivity index (χ4n) is 3.03. The van der Waals surface area contributed by atoms with Gasteiger partial charge >= 0.3 is 6.61 Å². The molecule has 1 heterocycles. The molecule has 0 aliphatic rings. The Morgan fingerprint density at radius 2 is 1.78 bits per heavy atom. The molecule has 10 heteroatoms. The average molecular weight is 462 g/mol. The van der Waals surface area contributed by atoms with Crippen LogP contribution in [0.25, 0.3) is 11.4 Å². The Morgan fingerprint density at radius 3 is 2.38 bits per heavy atom. The first-order valence-electron chi connectivity index (χ1n) is 9.88. The second kappa shape index (κ2) is 9.99. The molecule has 1 aromatic heterocycles. The largest absolute Gasteiger partial charge is 0.435 e. The summed E-state index contributed by atoms with van der Waals surface area (Å²) in [4.78, 5) is 14.8. The minimum absolute atomic E-state index is 0.0349. The molecule has 0 aliphatic heterocycles. The van der Waals surface area contributed by atoms with Crippen molar-refractivity contribution < 1.29 is 18.3 Å². The predicted octanol–water partition coefficient (Wildman–Crippen LogP) is 4.18. The number of nitrogens with zero attached hydrogens (tertiary/aromatic N) is 4. The van der Waals surface area contributed by atoms with Gasteiger partial charge < -0.3 is 15.5 Å². The molecule has 2 aromatic carbocycles. The first kappa shape index (κ1) is 23.5. The smallest absolute Gasteiger partial charge is 0.387 e. The van der Waals surface area contributed by atoms with Gasteiger partial charge in [-0.05, 0) is 50.6 Å². The van der Waals surface area contributed by atoms with Gasteiger partial charge in [-0.3, -0.25) is 4.79 Å². The molecule has 0 saturated carbocycles. The fraction of sp³-hybridized carbons (Fsp3) is 0.318. The third-order valence-electron chi connectivity index (χ3n) is 4.62. The van der Waals surface area contributed by atoms with Gasteiger partial charge in [0.15, 0.2) is 5.82 Å². The highest BCUT2D eigenvalue weighted by atomic mass is 32.2. The summed E-state index contributed by atoms with van der Waals surface area (Å²) >= 11 is 1.19. The van der Waals surface area contributed by atoms with Crippen LogP contribution >= 0.6 is 11.8 Å². The summed E-state index contributed by atoms with van der Waals surface area (Å²) < 4.78 is 30.2. The van der Waals surface area contributed by atoms with Crippen LogP contribution in [0.5, 0.6) is 5.75 Å². The predicted molar refractivity (Wildman–Crippen MR) is 120 cm³/mol. The standard InChI is InChI=1S/C22H25F2N5O2S/c1-22(2,3)28(13-15-7-5-4-6-8-15)18(30)14-32-21-27-26-19(29(21)25)16-9-11-17(12-10-16)31-20(23)24/h4-12,20H,13-14,25H2,1-3H3. The number of hydrogen-bond donors (Lipinski definition) is 1. The van der Waals surface area contributed by atoms with Gasteiger partial charge in [-0.1, -0.05) is 42.1 Å². The minimum atomic E-state index is -2.89. The monoisotopic (exact) mass is 461 g/mol. The van der Waals surface area contributed by atoms with Gasteiger partial charge in [0, 0.05) is 17.6 Å². The van der Waals surface area contributed by atoms with Crippen molar-refractivity contribution >= 4 is 17.7 Å². The fourth-order valence-corrected chi connectivity index (χ4v) is 3.76. The van der Waals surface area contributed by atoms with Crippen LogP contribution in [0.15, 0.2) is 59.8 Å². The van der Waals surface area contributed by atoms with Crippen LogP contribution < -0.4 is 10.6 Å². The van der Waals surface area contributed by atoms with Crippen LogP contribution in [0, 0.1) is 0 Å². The summed E-state index contributed by atoms with van der Waals surface area (Å²) in [6, 6.07) is 15.7. The molecule has 2 N–H and O–H groups in total. The number of halogens is 2. The second-order valence-electron chi connectivity index (χ2n) is 8.00. The van der Waals surface area contributed by atoms with E-state index >= 15 is 0 Å². The number of benzene rings is 2. The number of carbonyl (C=O) groups excluding carboxylic acids is 1. The lowest BCUT2D eigenvalue weighted by Gasteiger charge is -2.36. The zero-order chi connectivity index (χ0) is 23.3. The Hall–Kier alpha value is -3.14. The van der Waals surface area contributed by atoms with Crippen molar-refractivity contribution in [1.29, 1.82) is 0 Å². The van der Waals surface area contributed by atoms with Crippen molar-refractivity contribution in [2.75, 3.05) is 11.6 Å². The van der Waals surface area contributed by atoms with E-state index in [2.05, 4.69) is 14.9 Å². The van der Waals surface area contributed by atoms with E-state index < -0.39 is 6.61 Å². The Kier molecular flexibility index (Phi) is 7.34. The molecular weight excluding hydrogens is 436 g/mol. The summed E-state index contributed by atoms with van der Waals surface area (Å²) in [6.07, 6.45) is 0. The van der Waals surface area contributed by atoms with Crippen LogP contribution in [-0.4, -0.2) is 43.6 Å². The maximum absolute atomic E-state index is 13.0. The Bertz CT molecular complexity index is 1040. The Morgan fingerprint density at radius 1 is 1.12 bits per heavy atom. The summed E-state index contributed by atoms with van der Waals surface area (Å²) in [5.74, 6) is 6.59. The normalized spacial score (nSPS) is 11.6. The van der Waals surface area contributed by atoms with E-state index in [9.17, 15) is 13.6 Å². The van der Waals surface area contributed by atoms with Crippen LogP contribution in [0.4, 0.5) is 8.78 Å². The number of carbonyl (C=O) groups is 1.